The standard InChI is InChI=1S/C4H8ClN.ClH/c1-6(2)4-3-5;/h3-4H,1-2H3;1H/b4-3+;. The molecule has 0 N–H and O–H groups in total. The number of rotatable bonds is 1. The first kappa shape index (κ1) is 10.2. The average molecular weight is 142 g/mol. The van der Waals surface area contributed by atoms with Crippen LogP contribution < -0.4 is 0 Å². The van der Waals surface area contributed by atoms with Gasteiger partial charge in [0, 0.05) is 25.8 Å². The number of hydrogen-bond acceptors (Lipinski definition) is 1. The Bertz CT molecular complexity index is 51.7. The summed E-state index contributed by atoms with van der Waals surface area (Å²) in [4.78, 5) is 1.87. The minimum atomic E-state index is 0. The highest BCUT2D eigenvalue weighted by atomic mass is 35.5. The van der Waals surface area contributed by atoms with Crippen LogP contribution in [-0.2, 0) is 0 Å². The van der Waals surface area contributed by atoms with E-state index in [0.717, 1.165) is 0 Å². The third kappa shape index (κ3) is 10.7. The molecule has 0 saturated heterocycles. The lowest BCUT2D eigenvalue weighted by atomic mass is 10.9. The highest BCUT2D eigenvalue weighted by Gasteiger charge is 1.67. The van der Waals surface area contributed by atoms with Crippen LogP contribution in [0, 0.1) is 0 Å². The molecule has 0 aliphatic carbocycles. The molecule has 7 heavy (non-hydrogen) atoms. The van der Waals surface area contributed by atoms with Crippen LogP contribution >= 0.6 is 24.0 Å². The second-order valence-electron chi connectivity index (χ2n) is 1.24. The molecule has 0 unspecified atom stereocenters. The lowest BCUT2D eigenvalue weighted by Gasteiger charge is -1.99. The summed E-state index contributed by atoms with van der Waals surface area (Å²) >= 11 is 5.17. The van der Waals surface area contributed by atoms with Crippen molar-refractivity contribution in [2.45, 2.75) is 0 Å². The second kappa shape index (κ2) is 6.12. The Morgan fingerprint density at radius 3 is 1.86 bits per heavy atom. The lowest BCUT2D eigenvalue weighted by Crippen LogP contribution is -1.98. The van der Waals surface area contributed by atoms with E-state index in [4.69, 9.17) is 11.6 Å². The molecule has 0 radical (unpaired) electrons. The van der Waals surface area contributed by atoms with E-state index in [1.807, 2.05) is 19.0 Å². The molecule has 0 bridgehead atoms. The Morgan fingerprint density at radius 2 is 1.86 bits per heavy atom. The van der Waals surface area contributed by atoms with Crippen molar-refractivity contribution in [3.8, 4) is 0 Å². The van der Waals surface area contributed by atoms with Crippen molar-refractivity contribution >= 4 is 24.0 Å². The van der Waals surface area contributed by atoms with E-state index >= 15 is 0 Å². The molecule has 0 saturated carbocycles. The van der Waals surface area contributed by atoms with Crippen LogP contribution in [0.15, 0.2) is 11.7 Å². The first-order chi connectivity index (χ1) is 2.77. The van der Waals surface area contributed by atoms with Crippen molar-refractivity contribution in [1.82, 2.24) is 4.90 Å². The predicted octanol–water partition coefficient (Wildman–Crippen LogP) is 1.68. The van der Waals surface area contributed by atoms with Crippen LogP contribution in [0.3, 0.4) is 0 Å². The number of hydrogen-bond donors (Lipinski definition) is 0. The monoisotopic (exact) mass is 141 g/mol. The van der Waals surface area contributed by atoms with Crippen LogP contribution in [0.2, 0.25) is 0 Å². The summed E-state index contributed by atoms with van der Waals surface area (Å²) < 4.78 is 0. The minimum Gasteiger partial charge on any atom is -0.383 e. The van der Waals surface area contributed by atoms with E-state index in [1.165, 1.54) is 5.54 Å². The summed E-state index contributed by atoms with van der Waals surface area (Å²) in [5, 5.41) is 0. The fourth-order valence-corrected chi connectivity index (χ4v) is 0.338. The largest absolute Gasteiger partial charge is 0.383 e. The topological polar surface area (TPSA) is 3.24 Å². The van der Waals surface area contributed by atoms with Crippen molar-refractivity contribution in [1.29, 1.82) is 0 Å². The summed E-state index contributed by atoms with van der Waals surface area (Å²) in [5.41, 5.74) is 1.47. The predicted molar refractivity (Wildman–Crippen MR) is 35.9 cm³/mol. The molecular weight excluding hydrogens is 133 g/mol. The highest BCUT2D eigenvalue weighted by Crippen LogP contribution is 1.78. The van der Waals surface area contributed by atoms with Gasteiger partial charge in [-0.1, -0.05) is 11.6 Å². The molecule has 0 fully saturated rings. The third-order valence-electron chi connectivity index (χ3n) is 0.354. The zero-order valence-electron chi connectivity index (χ0n) is 4.39. The Balaban J connectivity index is 0. The maximum Gasteiger partial charge on any atom is 0.0201 e. The summed E-state index contributed by atoms with van der Waals surface area (Å²) in [6, 6.07) is 0. The molecule has 0 aromatic carbocycles. The van der Waals surface area contributed by atoms with E-state index in [1.54, 1.807) is 6.20 Å². The molecule has 0 rings (SSSR count). The fraction of sp³-hybridized carbons (Fsp3) is 0.500. The van der Waals surface area contributed by atoms with Crippen molar-refractivity contribution in [3.63, 3.8) is 0 Å². The lowest BCUT2D eigenvalue weighted by molar-refractivity contribution is 0.565. The van der Waals surface area contributed by atoms with E-state index in [-0.39, 0.29) is 12.4 Å². The van der Waals surface area contributed by atoms with Gasteiger partial charge in [0.05, 0.1) is 0 Å². The first-order valence-corrected chi connectivity index (χ1v) is 2.14. The Labute approximate surface area is 55.4 Å². The zero-order valence-corrected chi connectivity index (χ0v) is 5.96. The van der Waals surface area contributed by atoms with Crippen molar-refractivity contribution in [3.05, 3.63) is 11.7 Å². The van der Waals surface area contributed by atoms with Crippen LogP contribution in [0.5, 0.6) is 0 Å². The molecule has 0 atom stereocenters. The van der Waals surface area contributed by atoms with Gasteiger partial charge in [-0.25, -0.2) is 0 Å². The molecule has 3 heteroatoms. The summed E-state index contributed by atoms with van der Waals surface area (Å²) in [5.74, 6) is 0. The molecule has 0 heterocycles. The van der Waals surface area contributed by atoms with Crippen LogP contribution in [0.25, 0.3) is 0 Å². The van der Waals surface area contributed by atoms with Gasteiger partial charge in [-0.05, 0) is 0 Å². The van der Waals surface area contributed by atoms with Gasteiger partial charge in [0.2, 0.25) is 0 Å². The molecule has 1 nitrogen and oxygen atoms in total. The van der Waals surface area contributed by atoms with E-state index in [2.05, 4.69) is 0 Å². The maximum atomic E-state index is 5.17. The zero-order chi connectivity index (χ0) is 4.99. The Hall–Kier alpha value is 0.120. The molecular formula is C4H9Cl2N. The van der Waals surface area contributed by atoms with Gasteiger partial charge in [0.15, 0.2) is 0 Å². The Morgan fingerprint density at radius 1 is 1.43 bits per heavy atom. The average Bonchev–Trinajstić information content (AvgIpc) is 1.35. The summed E-state index contributed by atoms with van der Waals surface area (Å²) in [6.45, 7) is 0. The van der Waals surface area contributed by atoms with E-state index in [9.17, 15) is 0 Å². The van der Waals surface area contributed by atoms with Crippen LogP contribution in [0.4, 0.5) is 0 Å². The summed E-state index contributed by atoms with van der Waals surface area (Å²) in [7, 11) is 3.83. The third-order valence-corrected chi connectivity index (χ3v) is 0.467. The van der Waals surface area contributed by atoms with Crippen molar-refractivity contribution in [2.75, 3.05) is 14.1 Å². The summed E-state index contributed by atoms with van der Waals surface area (Å²) in [6.07, 6.45) is 1.77. The Kier molecular flexibility index (Phi) is 8.89. The molecule has 0 amide bonds. The van der Waals surface area contributed by atoms with Gasteiger partial charge < -0.3 is 4.90 Å². The van der Waals surface area contributed by atoms with Gasteiger partial charge >= 0.3 is 0 Å². The minimum absolute atomic E-state index is 0. The molecule has 0 aromatic heterocycles. The van der Waals surface area contributed by atoms with Crippen LogP contribution in [-0.4, -0.2) is 19.0 Å². The van der Waals surface area contributed by atoms with Gasteiger partial charge in [-0.2, -0.15) is 0 Å². The van der Waals surface area contributed by atoms with Crippen molar-refractivity contribution < 1.29 is 0 Å². The first-order valence-electron chi connectivity index (χ1n) is 1.70. The fourth-order valence-electron chi connectivity index (χ4n) is 0.113. The smallest absolute Gasteiger partial charge is 0.0201 e. The molecule has 0 spiro atoms. The van der Waals surface area contributed by atoms with Gasteiger partial charge in [-0.15, -0.1) is 12.4 Å². The van der Waals surface area contributed by atoms with Gasteiger partial charge in [-0.3, -0.25) is 0 Å². The number of halogens is 2. The van der Waals surface area contributed by atoms with Gasteiger partial charge in [0.25, 0.3) is 0 Å². The van der Waals surface area contributed by atoms with Crippen molar-refractivity contribution in [2.24, 2.45) is 0 Å². The molecule has 0 aliphatic heterocycles. The highest BCUT2D eigenvalue weighted by molar-refractivity contribution is 6.25. The van der Waals surface area contributed by atoms with E-state index < -0.39 is 0 Å². The number of nitrogens with zero attached hydrogens (tertiary/aromatic N) is 1. The SMILES string of the molecule is CN(C)/C=C/Cl.Cl. The second-order valence-corrected chi connectivity index (χ2v) is 1.49. The van der Waals surface area contributed by atoms with Gasteiger partial charge in [0.1, 0.15) is 0 Å². The molecule has 0 aliphatic rings. The van der Waals surface area contributed by atoms with E-state index in [0.29, 0.717) is 0 Å². The normalized spacial score (nSPS) is 8.43. The maximum absolute atomic E-state index is 5.17. The van der Waals surface area contributed by atoms with Crippen LogP contribution in [0.1, 0.15) is 0 Å². The molecule has 44 valence electrons. The molecule has 0 aromatic rings. The quantitative estimate of drug-likeness (QED) is 0.538.